The van der Waals surface area contributed by atoms with Gasteiger partial charge in [-0.2, -0.15) is 4.37 Å². The fourth-order valence-electron chi connectivity index (χ4n) is 4.20. The molecular formula is C25H25ClN4O5S. The Bertz CT molecular complexity index is 1300. The van der Waals surface area contributed by atoms with Crippen molar-refractivity contribution in [3.63, 3.8) is 0 Å². The van der Waals surface area contributed by atoms with Gasteiger partial charge in [-0.25, -0.2) is 9.59 Å². The van der Waals surface area contributed by atoms with E-state index in [0.717, 1.165) is 66.8 Å². The van der Waals surface area contributed by atoms with Crippen LogP contribution in [0.15, 0.2) is 48.6 Å². The van der Waals surface area contributed by atoms with Crippen LogP contribution < -0.4 is 10.2 Å². The van der Waals surface area contributed by atoms with Crippen LogP contribution in [0.1, 0.15) is 11.1 Å². The number of nitrogens with one attached hydrogen (secondary N) is 1. The molecule has 0 unspecified atom stereocenters. The van der Waals surface area contributed by atoms with E-state index in [1.54, 1.807) is 11.5 Å². The maximum atomic E-state index is 11.6. The zero-order valence-electron chi connectivity index (χ0n) is 19.3. The van der Waals surface area contributed by atoms with Crippen molar-refractivity contribution in [3.8, 4) is 0 Å². The lowest BCUT2D eigenvalue weighted by Crippen LogP contribution is -2.47. The number of hydrogen-bond acceptors (Lipinski definition) is 7. The Morgan fingerprint density at radius 2 is 1.78 bits per heavy atom. The normalized spacial score (nSPS) is 15.5. The van der Waals surface area contributed by atoms with E-state index in [2.05, 4.69) is 49.8 Å². The topological polar surface area (TPSA) is 123 Å². The Hall–Kier alpha value is -3.47. The van der Waals surface area contributed by atoms with Gasteiger partial charge in [-0.05, 0) is 47.3 Å². The number of carbonyl (C=O) groups is 3. The summed E-state index contributed by atoms with van der Waals surface area (Å²) in [6.45, 7) is 5.00. The molecule has 2 aliphatic rings. The number of carboxylic acid groups (broad SMARTS) is 2. The number of carboxylic acids is 2. The standard InChI is InChI=1S/C21H21ClN4OS.C4H4O4/c22-17-13-18-15(12-20(27)23-18)11-14(17)5-6-25-7-9-26(10-8-25)21-16-3-1-2-4-19(16)28-24-21;5-3(6)1-2-4(7)8/h1-4,11,13H,5-10,12H2,(H,23,27);1-2H,(H,5,6)(H,7,8). The number of hydrogen-bond donors (Lipinski definition) is 3. The highest BCUT2D eigenvalue weighted by molar-refractivity contribution is 7.13. The Kier molecular flexibility index (Phi) is 8.19. The van der Waals surface area contributed by atoms with Crippen LogP contribution in [0.4, 0.5) is 11.5 Å². The number of anilines is 2. The molecule has 1 saturated heterocycles. The first-order valence-corrected chi connectivity index (χ1v) is 12.5. The Morgan fingerprint density at radius 1 is 1.08 bits per heavy atom. The molecule has 2 aliphatic heterocycles. The van der Waals surface area contributed by atoms with Crippen LogP contribution in [0, 0.1) is 0 Å². The van der Waals surface area contributed by atoms with E-state index in [-0.39, 0.29) is 5.91 Å². The Morgan fingerprint density at radius 3 is 2.47 bits per heavy atom. The highest BCUT2D eigenvalue weighted by Gasteiger charge is 2.22. The second-order valence-corrected chi connectivity index (χ2v) is 9.63. The number of piperazine rings is 1. The summed E-state index contributed by atoms with van der Waals surface area (Å²) >= 11 is 8.01. The van der Waals surface area contributed by atoms with Crippen LogP contribution >= 0.6 is 23.1 Å². The van der Waals surface area contributed by atoms with Gasteiger partial charge in [0.15, 0.2) is 0 Å². The molecule has 0 radical (unpaired) electrons. The van der Waals surface area contributed by atoms with E-state index in [9.17, 15) is 14.4 Å². The molecule has 36 heavy (non-hydrogen) atoms. The van der Waals surface area contributed by atoms with E-state index in [1.807, 2.05) is 6.07 Å². The molecule has 11 heteroatoms. The van der Waals surface area contributed by atoms with Gasteiger partial charge in [-0.15, -0.1) is 0 Å². The first kappa shape index (κ1) is 25.6. The zero-order chi connectivity index (χ0) is 25.7. The van der Waals surface area contributed by atoms with Crippen molar-refractivity contribution in [3.05, 3.63) is 64.7 Å². The van der Waals surface area contributed by atoms with Gasteiger partial charge in [-0.3, -0.25) is 9.69 Å². The molecule has 3 aromatic rings. The first-order chi connectivity index (χ1) is 17.3. The molecule has 0 bridgehead atoms. The molecule has 0 atom stereocenters. The minimum Gasteiger partial charge on any atom is -0.478 e. The monoisotopic (exact) mass is 528 g/mol. The second kappa shape index (κ2) is 11.5. The predicted octanol–water partition coefficient (Wildman–Crippen LogP) is 3.52. The van der Waals surface area contributed by atoms with Crippen molar-refractivity contribution in [1.82, 2.24) is 9.27 Å². The van der Waals surface area contributed by atoms with Crippen molar-refractivity contribution >= 4 is 62.6 Å². The molecule has 1 fully saturated rings. The average Bonchev–Trinajstić information content (AvgIpc) is 3.44. The SMILES string of the molecule is O=C(O)C=CC(=O)O.O=C1Cc2cc(CCN3CCN(c4nsc5ccccc45)CC3)c(Cl)cc2N1. The third kappa shape index (κ3) is 6.39. The molecule has 3 N–H and O–H groups in total. The third-order valence-electron chi connectivity index (χ3n) is 5.99. The summed E-state index contributed by atoms with van der Waals surface area (Å²) in [5, 5.41) is 20.5. The molecule has 0 aliphatic carbocycles. The van der Waals surface area contributed by atoms with Crippen LogP contribution in [0.25, 0.3) is 10.1 Å². The summed E-state index contributed by atoms with van der Waals surface area (Å²) < 4.78 is 5.94. The molecule has 188 valence electrons. The molecule has 1 amide bonds. The van der Waals surface area contributed by atoms with Gasteiger partial charge >= 0.3 is 11.9 Å². The van der Waals surface area contributed by atoms with Crippen molar-refractivity contribution in [2.75, 3.05) is 42.9 Å². The quantitative estimate of drug-likeness (QED) is 0.415. The van der Waals surface area contributed by atoms with Gasteiger partial charge < -0.3 is 20.4 Å². The number of halogens is 1. The molecule has 3 heterocycles. The number of amides is 1. The Labute approximate surface area is 216 Å². The van der Waals surface area contributed by atoms with Crippen molar-refractivity contribution in [2.45, 2.75) is 12.8 Å². The van der Waals surface area contributed by atoms with Gasteiger partial charge in [0.05, 0.1) is 11.1 Å². The number of rotatable bonds is 6. The summed E-state index contributed by atoms with van der Waals surface area (Å²) in [6.07, 6.45) is 2.48. The highest BCUT2D eigenvalue weighted by Crippen LogP contribution is 2.31. The lowest BCUT2D eigenvalue weighted by Gasteiger charge is -2.35. The van der Waals surface area contributed by atoms with E-state index in [0.29, 0.717) is 18.6 Å². The summed E-state index contributed by atoms with van der Waals surface area (Å²) in [5.41, 5.74) is 3.05. The minimum atomic E-state index is -1.26. The van der Waals surface area contributed by atoms with Crippen molar-refractivity contribution in [2.24, 2.45) is 0 Å². The van der Waals surface area contributed by atoms with Crippen LogP contribution in [-0.2, 0) is 27.2 Å². The minimum absolute atomic E-state index is 0.0499. The fraction of sp³-hybridized carbons (Fsp3) is 0.280. The van der Waals surface area contributed by atoms with Gasteiger partial charge in [0, 0.05) is 61.0 Å². The molecule has 0 spiro atoms. The highest BCUT2D eigenvalue weighted by atomic mass is 35.5. The number of nitrogens with zero attached hydrogens (tertiary/aromatic N) is 3. The first-order valence-electron chi connectivity index (χ1n) is 11.4. The number of aromatic nitrogens is 1. The summed E-state index contributed by atoms with van der Waals surface area (Å²) in [7, 11) is 0. The maximum absolute atomic E-state index is 11.6. The molecule has 2 aromatic carbocycles. The number of carbonyl (C=O) groups excluding carboxylic acids is 1. The zero-order valence-corrected chi connectivity index (χ0v) is 20.9. The summed E-state index contributed by atoms with van der Waals surface area (Å²) in [5.74, 6) is -1.34. The largest absolute Gasteiger partial charge is 0.478 e. The maximum Gasteiger partial charge on any atom is 0.328 e. The van der Waals surface area contributed by atoms with Gasteiger partial charge in [0.1, 0.15) is 5.82 Å². The van der Waals surface area contributed by atoms with Gasteiger partial charge in [0.2, 0.25) is 5.91 Å². The molecule has 9 nitrogen and oxygen atoms in total. The van der Waals surface area contributed by atoms with Crippen molar-refractivity contribution in [1.29, 1.82) is 0 Å². The third-order valence-corrected chi connectivity index (χ3v) is 7.16. The van der Waals surface area contributed by atoms with E-state index in [1.165, 1.54) is 10.1 Å². The van der Waals surface area contributed by atoms with Gasteiger partial charge in [0.25, 0.3) is 0 Å². The summed E-state index contributed by atoms with van der Waals surface area (Å²) in [6, 6.07) is 12.4. The predicted molar refractivity (Wildman–Crippen MR) is 140 cm³/mol. The van der Waals surface area contributed by atoms with E-state index >= 15 is 0 Å². The van der Waals surface area contributed by atoms with Gasteiger partial charge in [-0.1, -0.05) is 29.8 Å². The average molecular weight is 529 g/mol. The van der Waals surface area contributed by atoms with Crippen LogP contribution in [0.5, 0.6) is 0 Å². The van der Waals surface area contributed by atoms with Crippen molar-refractivity contribution < 1.29 is 24.6 Å². The molecule has 1 aromatic heterocycles. The van der Waals surface area contributed by atoms with Crippen LogP contribution in [0.3, 0.4) is 0 Å². The number of fused-ring (bicyclic) bond motifs is 2. The Balaban J connectivity index is 0.000000331. The van der Waals surface area contributed by atoms with Crippen LogP contribution in [-0.4, -0.2) is 70.1 Å². The lowest BCUT2D eigenvalue weighted by molar-refractivity contribution is -0.134. The summed E-state index contributed by atoms with van der Waals surface area (Å²) in [4.78, 5) is 35.6. The van der Waals surface area contributed by atoms with E-state index < -0.39 is 11.9 Å². The lowest BCUT2D eigenvalue weighted by atomic mass is 10.1. The fourth-order valence-corrected chi connectivity index (χ4v) is 5.25. The van der Waals surface area contributed by atoms with Crippen LogP contribution in [0.2, 0.25) is 5.02 Å². The molecule has 5 rings (SSSR count). The number of benzene rings is 2. The number of aliphatic carboxylic acids is 2. The smallest absolute Gasteiger partial charge is 0.328 e. The van der Waals surface area contributed by atoms with E-state index in [4.69, 9.17) is 21.8 Å². The molecular weight excluding hydrogens is 504 g/mol. The second-order valence-electron chi connectivity index (χ2n) is 8.42. The molecule has 0 saturated carbocycles.